The second kappa shape index (κ2) is 7.80. The number of pyridine rings is 1. The van der Waals surface area contributed by atoms with Crippen LogP contribution in [0.4, 0.5) is 5.69 Å². The van der Waals surface area contributed by atoms with Crippen molar-refractivity contribution in [2.24, 2.45) is 0 Å². The highest BCUT2D eigenvalue weighted by Crippen LogP contribution is 2.26. The zero-order valence-electron chi connectivity index (χ0n) is 14.7. The van der Waals surface area contributed by atoms with Crippen LogP contribution in [0.2, 0.25) is 5.02 Å². The number of rotatable bonds is 3. The van der Waals surface area contributed by atoms with Crippen LogP contribution in [0, 0.1) is 0 Å². The average molecular weight is 383 g/mol. The van der Waals surface area contributed by atoms with E-state index < -0.39 is 0 Å². The minimum absolute atomic E-state index is 0.116. The highest BCUT2D eigenvalue weighted by atomic mass is 35.5. The second-order valence-electron chi connectivity index (χ2n) is 6.40. The Balaban J connectivity index is 1.46. The largest absolute Gasteiger partial charge is 0.368 e. The molecule has 7 heteroatoms. The smallest absolute Gasteiger partial charge is 0.276 e. The Morgan fingerprint density at radius 2 is 1.96 bits per heavy atom. The van der Waals surface area contributed by atoms with E-state index >= 15 is 0 Å². The zero-order valence-corrected chi connectivity index (χ0v) is 15.5. The maximum atomic E-state index is 12.9. The minimum atomic E-state index is -0.116. The van der Waals surface area contributed by atoms with Crippen LogP contribution in [-0.4, -0.2) is 47.1 Å². The molecule has 0 bridgehead atoms. The number of aromatic nitrogens is 2. The van der Waals surface area contributed by atoms with Crippen molar-refractivity contribution in [3.8, 4) is 11.3 Å². The maximum absolute atomic E-state index is 12.9. The van der Waals surface area contributed by atoms with Crippen molar-refractivity contribution < 1.29 is 9.32 Å². The molecule has 138 valence electrons. The molecule has 1 amide bonds. The van der Waals surface area contributed by atoms with Gasteiger partial charge in [0.25, 0.3) is 5.91 Å². The number of carbonyl (C=O) groups excluding carboxylic acids is 1. The molecule has 1 aromatic carbocycles. The predicted octanol–water partition coefficient (Wildman–Crippen LogP) is 3.74. The van der Waals surface area contributed by atoms with Crippen LogP contribution in [-0.2, 0) is 0 Å². The first-order valence-electron chi connectivity index (χ1n) is 8.88. The molecule has 0 aliphatic carbocycles. The van der Waals surface area contributed by atoms with Crippen LogP contribution >= 0.6 is 11.6 Å². The number of carbonyl (C=O) groups is 1. The summed E-state index contributed by atoms with van der Waals surface area (Å²) in [5, 5.41) is 4.69. The van der Waals surface area contributed by atoms with Gasteiger partial charge < -0.3 is 14.3 Å². The Morgan fingerprint density at radius 1 is 1.07 bits per heavy atom. The monoisotopic (exact) mass is 382 g/mol. The first-order valence-corrected chi connectivity index (χ1v) is 9.26. The van der Waals surface area contributed by atoms with Gasteiger partial charge in [-0.15, -0.1) is 0 Å². The lowest BCUT2D eigenvalue weighted by molar-refractivity contribution is 0.0756. The van der Waals surface area contributed by atoms with Crippen molar-refractivity contribution in [3.63, 3.8) is 0 Å². The first kappa shape index (κ1) is 17.5. The summed E-state index contributed by atoms with van der Waals surface area (Å²) in [5.41, 5.74) is 2.12. The molecule has 0 saturated carbocycles. The van der Waals surface area contributed by atoms with Crippen molar-refractivity contribution in [1.82, 2.24) is 15.0 Å². The van der Waals surface area contributed by atoms with Crippen molar-refractivity contribution in [2.45, 2.75) is 6.42 Å². The van der Waals surface area contributed by atoms with Gasteiger partial charge in [0.15, 0.2) is 11.5 Å². The number of anilines is 1. The Labute approximate surface area is 162 Å². The average Bonchev–Trinajstić information content (AvgIpc) is 3.07. The second-order valence-corrected chi connectivity index (χ2v) is 6.81. The molecule has 27 heavy (non-hydrogen) atoms. The number of benzene rings is 1. The van der Waals surface area contributed by atoms with Gasteiger partial charge in [-0.1, -0.05) is 28.9 Å². The number of nitrogens with zero attached hydrogens (tertiary/aromatic N) is 4. The summed E-state index contributed by atoms with van der Waals surface area (Å²) in [6, 6.07) is 13.2. The van der Waals surface area contributed by atoms with E-state index in [-0.39, 0.29) is 5.91 Å². The van der Waals surface area contributed by atoms with Gasteiger partial charge in [0.2, 0.25) is 0 Å². The highest BCUT2D eigenvalue weighted by Gasteiger charge is 2.24. The topological polar surface area (TPSA) is 62.5 Å². The first-order chi connectivity index (χ1) is 13.2. The number of hydrogen-bond acceptors (Lipinski definition) is 5. The van der Waals surface area contributed by atoms with Gasteiger partial charge in [-0.3, -0.25) is 9.78 Å². The summed E-state index contributed by atoms with van der Waals surface area (Å²) in [7, 11) is 0. The normalized spacial score (nSPS) is 14.9. The molecule has 0 radical (unpaired) electrons. The molecule has 1 aliphatic heterocycles. The fourth-order valence-electron chi connectivity index (χ4n) is 3.25. The van der Waals surface area contributed by atoms with Gasteiger partial charge in [-0.25, -0.2) is 0 Å². The van der Waals surface area contributed by atoms with Crippen molar-refractivity contribution in [2.75, 3.05) is 31.1 Å². The van der Waals surface area contributed by atoms with Gasteiger partial charge in [-0.2, -0.15) is 0 Å². The van der Waals surface area contributed by atoms with Crippen LogP contribution in [0.15, 0.2) is 59.4 Å². The number of halogens is 1. The summed E-state index contributed by atoms with van der Waals surface area (Å²) in [6.45, 7) is 2.87. The molecule has 3 heterocycles. The Bertz CT molecular complexity index is 928. The van der Waals surface area contributed by atoms with Crippen molar-refractivity contribution >= 4 is 23.2 Å². The van der Waals surface area contributed by atoms with Crippen molar-refractivity contribution in [3.05, 3.63) is 65.6 Å². The van der Waals surface area contributed by atoms with E-state index in [2.05, 4.69) is 15.0 Å². The lowest BCUT2D eigenvalue weighted by atomic mass is 10.2. The summed E-state index contributed by atoms with van der Waals surface area (Å²) in [4.78, 5) is 21.0. The number of hydrogen-bond donors (Lipinski definition) is 0. The molecule has 4 rings (SSSR count). The predicted molar refractivity (Wildman–Crippen MR) is 104 cm³/mol. The van der Waals surface area contributed by atoms with E-state index in [0.29, 0.717) is 24.5 Å². The molecule has 0 unspecified atom stereocenters. The standard InChI is InChI=1S/C20H19ClN4O2/c21-16-6-1-2-7-18(16)24-9-4-10-25(12-11-24)20(26)17-13-19(27-23-17)15-5-3-8-22-14-15/h1-3,5-8,13-14H,4,9-12H2. The van der Waals surface area contributed by atoms with Crippen molar-refractivity contribution in [1.29, 1.82) is 0 Å². The van der Waals surface area contributed by atoms with E-state index in [4.69, 9.17) is 16.1 Å². The van der Waals surface area contributed by atoms with Gasteiger partial charge in [0.05, 0.1) is 10.7 Å². The van der Waals surface area contributed by atoms with E-state index in [1.807, 2.05) is 41.3 Å². The molecule has 1 aliphatic rings. The van der Waals surface area contributed by atoms with Crippen LogP contribution < -0.4 is 4.90 Å². The lowest BCUT2D eigenvalue weighted by Crippen LogP contribution is -2.35. The Morgan fingerprint density at radius 3 is 2.78 bits per heavy atom. The molecule has 0 N–H and O–H groups in total. The fourth-order valence-corrected chi connectivity index (χ4v) is 3.51. The van der Waals surface area contributed by atoms with Gasteiger partial charge in [0.1, 0.15) is 0 Å². The molecule has 3 aromatic rings. The molecule has 2 aromatic heterocycles. The maximum Gasteiger partial charge on any atom is 0.276 e. The van der Waals surface area contributed by atoms with Gasteiger partial charge in [-0.05, 0) is 30.7 Å². The fraction of sp³-hybridized carbons (Fsp3) is 0.250. The molecule has 1 fully saturated rings. The summed E-state index contributed by atoms with van der Waals surface area (Å²) < 4.78 is 5.33. The zero-order chi connectivity index (χ0) is 18.6. The summed E-state index contributed by atoms with van der Waals surface area (Å²) in [6.07, 6.45) is 4.24. The number of amides is 1. The SMILES string of the molecule is O=C(c1cc(-c2cccnc2)on1)N1CCCN(c2ccccc2Cl)CC1. The van der Waals surface area contributed by atoms with Gasteiger partial charge >= 0.3 is 0 Å². The third-order valence-corrected chi connectivity index (χ3v) is 4.97. The van der Waals surface area contributed by atoms with Crippen LogP contribution in [0.25, 0.3) is 11.3 Å². The number of para-hydroxylation sites is 1. The quantitative estimate of drug-likeness (QED) is 0.690. The molecular formula is C20H19ClN4O2. The Kier molecular flexibility index (Phi) is 5.07. The van der Waals surface area contributed by atoms with E-state index in [1.54, 1.807) is 18.5 Å². The molecule has 6 nitrogen and oxygen atoms in total. The third kappa shape index (κ3) is 3.80. The van der Waals surface area contributed by atoms with Gasteiger partial charge in [0, 0.05) is 50.2 Å². The Hall–Kier alpha value is -2.86. The lowest BCUT2D eigenvalue weighted by Gasteiger charge is -2.24. The highest BCUT2D eigenvalue weighted by molar-refractivity contribution is 6.33. The minimum Gasteiger partial charge on any atom is -0.368 e. The molecule has 0 spiro atoms. The van der Waals surface area contributed by atoms with Crippen LogP contribution in [0.1, 0.15) is 16.9 Å². The van der Waals surface area contributed by atoms with E-state index in [0.717, 1.165) is 35.8 Å². The summed E-state index contributed by atoms with van der Waals surface area (Å²) >= 11 is 6.32. The van der Waals surface area contributed by atoms with E-state index in [1.165, 1.54) is 0 Å². The molecule has 0 atom stereocenters. The van der Waals surface area contributed by atoms with Crippen LogP contribution in [0.3, 0.4) is 0 Å². The third-order valence-electron chi connectivity index (χ3n) is 4.65. The van der Waals surface area contributed by atoms with E-state index in [9.17, 15) is 4.79 Å². The summed E-state index contributed by atoms with van der Waals surface area (Å²) in [5.74, 6) is 0.425. The molecular weight excluding hydrogens is 364 g/mol. The molecule has 1 saturated heterocycles. The van der Waals surface area contributed by atoms with Crippen LogP contribution in [0.5, 0.6) is 0 Å².